The molecule has 1 heterocycles. The van der Waals surface area contributed by atoms with E-state index in [9.17, 15) is 0 Å². The van der Waals surface area contributed by atoms with Crippen LogP contribution < -0.4 is 10.6 Å². The molecular formula is C12H21BrN4. The molecule has 1 atom stereocenters. The number of nitrogens with one attached hydrogen (secondary N) is 2. The van der Waals surface area contributed by atoms with E-state index in [2.05, 4.69) is 57.3 Å². The lowest BCUT2D eigenvalue weighted by Crippen LogP contribution is -2.19. The van der Waals surface area contributed by atoms with Crippen molar-refractivity contribution in [1.82, 2.24) is 9.97 Å². The van der Waals surface area contributed by atoms with Crippen LogP contribution in [0.3, 0.4) is 0 Å². The van der Waals surface area contributed by atoms with Gasteiger partial charge in [0, 0.05) is 18.8 Å². The van der Waals surface area contributed by atoms with Crippen LogP contribution in [0.5, 0.6) is 0 Å². The monoisotopic (exact) mass is 300 g/mol. The topological polar surface area (TPSA) is 49.8 Å². The van der Waals surface area contributed by atoms with Crippen LogP contribution in [0.25, 0.3) is 0 Å². The van der Waals surface area contributed by atoms with E-state index in [0.717, 1.165) is 23.3 Å². The standard InChI is InChI=1S/C12H21BrN4/c1-5-14-12-15-7-10(13)11(17-12)16-9(4)6-8(2)3/h7-9H,5-6H2,1-4H3,(H2,14,15,16,17). The molecule has 1 aromatic rings. The van der Waals surface area contributed by atoms with E-state index in [1.165, 1.54) is 0 Å². The van der Waals surface area contributed by atoms with Gasteiger partial charge in [-0.2, -0.15) is 4.98 Å². The lowest BCUT2D eigenvalue weighted by atomic mass is 10.1. The quantitative estimate of drug-likeness (QED) is 0.844. The molecule has 5 heteroatoms. The van der Waals surface area contributed by atoms with Gasteiger partial charge in [0.25, 0.3) is 0 Å². The molecule has 0 aliphatic carbocycles. The van der Waals surface area contributed by atoms with Gasteiger partial charge in [-0.05, 0) is 42.1 Å². The van der Waals surface area contributed by atoms with Crippen molar-refractivity contribution in [3.8, 4) is 0 Å². The minimum absolute atomic E-state index is 0.399. The Bertz CT molecular complexity index is 354. The van der Waals surface area contributed by atoms with E-state index in [4.69, 9.17) is 0 Å². The van der Waals surface area contributed by atoms with Gasteiger partial charge in [-0.1, -0.05) is 13.8 Å². The Balaban J connectivity index is 2.71. The molecule has 0 aliphatic heterocycles. The molecule has 0 radical (unpaired) electrons. The predicted molar refractivity (Wildman–Crippen MR) is 76.4 cm³/mol. The molecular weight excluding hydrogens is 280 g/mol. The average Bonchev–Trinajstić information content (AvgIpc) is 2.22. The van der Waals surface area contributed by atoms with Crippen LogP contribution in [-0.4, -0.2) is 22.6 Å². The summed E-state index contributed by atoms with van der Waals surface area (Å²) in [4.78, 5) is 8.62. The van der Waals surface area contributed by atoms with Gasteiger partial charge in [-0.15, -0.1) is 0 Å². The van der Waals surface area contributed by atoms with Crippen molar-refractivity contribution in [3.63, 3.8) is 0 Å². The summed E-state index contributed by atoms with van der Waals surface area (Å²) in [6, 6.07) is 0.399. The first-order valence-electron chi connectivity index (χ1n) is 6.05. The van der Waals surface area contributed by atoms with Crippen LogP contribution in [0.2, 0.25) is 0 Å². The molecule has 0 aliphatic rings. The van der Waals surface area contributed by atoms with Crippen LogP contribution in [0.4, 0.5) is 11.8 Å². The molecule has 0 aromatic carbocycles. The maximum Gasteiger partial charge on any atom is 0.224 e. The summed E-state index contributed by atoms with van der Waals surface area (Å²) in [5, 5.41) is 6.51. The minimum Gasteiger partial charge on any atom is -0.367 e. The largest absolute Gasteiger partial charge is 0.367 e. The Labute approximate surface area is 112 Å². The number of aromatic nitrogens is 2. The van der Waals surface area contributed by atoms with E-state index in [-0.39, 0.29) is 0 Å². The van der Waals surface area contributed by atoms with Crippen molar-refractivity contribution in [2.24, 2.45) is 5.92 Å². The Morgan fingerprint density at radius 3 is 2.65 bits per heavy atom. The van der Waals surface area contributed by atoms with E-state index in [1.807, 2.05) is 6.92 Å². The van der Waals surface area contributed by atoms with E-state index < -0.39 is 0 Å². The summed E-state index contributed by atoms with van der Waals surface area (Å²) >= 11 is 3.46. The van der Waals surface area contributed by atoms with Crippen molar-refractivity contribution in [3.05, 3.63) is 10.7 Å². The lowest BCUT2D eigenvalue weighted by molar-refractivity contribution is 0.538. The minimum atomic E-state index is 0.399. The first kappa shape index (κ1) is 14.2. The van der Waals surface area contributed by atoms with E-state index >= 15 is 0 Å². The van der Waals surface area contributed by atoms with Crippen LogP contribution in [-0.2, 0) is 0 Å². The molecule has 1 rings (SSSR count). The summed E-state index contributed by atoms with van der Waals surface area (Å²) in [5.74, 6) is 2.19. The third kappa shape index (κ3) is 4.89. The smallest absolute Gasteiger partial charge is 0.224 e. The van der Waals surface area contributed by atoms with Crippen molar-refractivity contribution in [2.75, 3.05) is 17.2 Å². The molecule has 96 valence electrons. The van der Waals surface area contributed by atoms with E-state index in [1.54, 1.807) is 6.20 Å². The summed E-state index contributed by atoms with van der Waals surface area (Å²) in [6.07, 6.45) is 2.89. The number of rotatable bonds is 6. The number of hydrogen-bond donors (Lipinski definition) is 2. The second kappa shape index (κ2) is 6.79. The van der Waals surface area contributed by atoms with Gasteiger partial charge in [-0.3, -0.25) is 0 Å². The predicted octanol–water partition coefficient (Wildman–Crippen LogP) is 3.52. The zero-order valence-electron chi connectivity index (χ0n) is 10.9. The van der Waals surface area contributed by atoms with Crippen molar-refractivity contribution >= 4 is 27.7 Å². The molecule has 0 amide bonds. The van der Waals surface area contributed by atoms with E-state index in [0.29, 0.717) is 17.9 Å². The summed E-state index contributed by atoms with van der Waals surface area (Å²) < 4.78 is 0.898. The van der Waals surface area contributed by atoms with Gasteiger partial charge in [0.2, 0.25) is 5.95 Å². The number of nitrogens with zero attached hydrogens (tertiary/aromatic N) is 2. The molecule has 0 bridgehead atoms. The number of hydrogen-bond acceptors (Lipinski definition) is 4. The van der Waals surface area contributed by atoms with Crippen molar-refractivity contribution in [1.29, 1.82) is 0 Å². The highest BCUT2D eigenvalue weighted by Crippen LogP contribution is 2.22. The summed E-state index contributed by atoms with van der Waals surface area (Å²) in [7, 11) is 0. The highest BCUT2D eigenvalue weighted by molar-refractivity contribution is 9.10. The van der Waals surface area contributed by atoms with Crippen LogP contribution in [0, 0.1) is 5.92 Å². The summed E-state index contributed by atoms with van der Waals surface area (Å²) in [5.41, 5.74) is 0. The van der Waals surface area contributed by atoms with Gasteiger partial charge < -0.3 is 10.6 Å². The third-order valence-corrected chi connectivity index (χ3v) is 2.87. The Kier molecular flexibility index (Phi) is 5.68. The number of halogens is 1. The zero-order chi connectivity index (χ0) is 12.8. The van der Waals surface area contributed by atoms with Crippen LogP contribution in [0.1, 0.15) is 34.1 Å². The first-order chi connectivity index (χ1) is 8.02. The van der Waals surface area contributed by atoms with Crippen LogP contribution >= 0.6 is 15.9 Å². The van der Waals surface area contributed by atoms with Gasteiger partial charge in [0.05, 0.1) is 4.47 Å². The second-order valence-corrected chi connectivity index (χ2v) is 5.45. The fourth-order valence-corrected chi connectivity index (χ4v) is 2.02. The lowest BCUT2D eigenvalue weighted by Gasteiger charge is -2.17. The SMILES string of the molecule is CCNc1ncc(Br)c(NC(C)CC(C)C)n1. The molecule has 1 unspecified atom stereocenters. The third-order valence-electron chi connectivity index (χ3n) is 2.29. The first-order valence-corrected chi connectivity index (χ1v) is 6.85. The summed E-state index contributed by atoms with van der Waals surface area (Å²) in [6.45, 7) is 9.46. The van der Waals surface area contributed by atoms with Gasteiger partial charge >= 0.3 is 0 Å². The van der Waals surface area contributed by atoms with Gasteiger partial charge in [0.15, 0.2) is 0 Å². The molecule has 0 saturated heterocycles. The average molecular weight is 301 g/mol. The Morgan fingerprint density at radius 2 is 2.06 bits per heavy atom. The second-order valence-electron chi connectivity index (χ2n) is 4.60. The molecule has 0 fully saturated rings. The molecule has 0 saturated carbocycles. The molecule has 1 aromatic heterocycles. The van der Waals surface area contributed by atoms with Crippen molar-refractivity contribution in [2.45, 2.75) is 40.2 Å². The maximum atomic E-state index is 4.43. The van der Waals surface area contributed by atoms with Crippen molar-refractivity contribution < 1.29 is 0 Å². The fourth-order valence-electron chi connectivity index (χ4n) is 1.71. The highest BCUT2D eigenvalue weighted by atomic mass is 79.9. The normalized spacial score (nSPS) is 12.6. The molecule has 0 spiro atoms. The Hall–Kier alpha value is -0.840. The van der Waals surface area contributed by atoms with Crippen LogP contribution in [0.15, 0.2) is 10.7 Å². The molecule has 17 heavy (non-hydrogen) atoms. The number of anilines is 2. The molecule has 2 N–H and O–H groups in total. The van der Waals surface area contributed by atoms with Gasteiger partial charge in [0.1, 0.15) is 5.82 Å². The zero-order valence-corrected chi connectivity index (χ0v) is 12.5. The fraction of sp³-hybridized carbons (Fsp3) is 0.667. The molecule has 4 nitrogen and oxygen atoms in total. The highest BCUT2D eigenvalue weighted by Gasteiger charge is 2.09. The Morgan fingerprint density at radius 1 is 1.35 bits per heavy atom. The maximum absolute atomic E-state index is 4.43. The van der Waals surface area contributed by atoms with Gasteiger partial charge in [-0.25, -0.2) is 4.98 Å².